The molecule has 0 spiro atoms. The quantitative estimate of drug-likeness (QED) is 0.749. The van der Waals surface area contributed by atoms with E-state index in [0.717, 1.165) is 16.8 Å². The number of hydrogen-bond donors (Lipinski definition) is 1. The Balaban J connectivity index is 3.10. The maximum atomic E-state index is 11.5. The highest BCUT2D eigenvalue weighted by Crippen LogP contribution is 2.19. The van der Waals surface area contributed by atoms with Crippen LogP contribution in [-0.2, 0) is 4.74 Å². The van der Waals surface area contributed by atoms with Gasteiger partial charge in [-0.1, -0.05) is 12.7 Å². The summed E-state index contributed by atoms with van der Waals surface area (Å²) in [5.74, 6) is -0.304. The van der Waals surface area contributed by atoms with Crippen molar-refractivity contribution in [2.75, 3.05) is 6.61 Å². The van der Waals surface area contributed by atoms with Crippen LogP contribution in [0.3, 0.4) is 0 Å². The summed E-state index contributed by atoms with van der Waals surface area (Å²) in [6.07, 6.45) is 1.74. The molecule has 3 nitrogen and oxygen atoms in total. The van der Waals surface area contributed by atoms with E-state index in [1.807, 2.05) is 13.8 Å². The highest BCUT2D eigenvalue weighted by Gasteiger charge is 2.16. The number of esters is 1. The molecule has 0 aliphatic carbocycles. The zero-order valence-corrected chi connectivity index (χ0v) is 8.81. The first kappa shape index (κ1) is 10.6. The number of rotatable bonds is 3. The zero-order chi connectivity index (χ0) is 10.7. The largest absolute Gasteiger partial charge is 0.461 e. The van der Waals surface area contributed by atoms with E-state index in [-0.39, 0.29) is 5.97 Å². The van der Waals surface area contributed by atoms with Crippen molar-refractivity contribution in [3.63, 3.8) is 0 Å². The van der Waals surface area contributed by atoms with Gasteiger partial charge in [0.2, 0.25) is 0 Å². The molecule has 1 N–H and O–H groups in total. The molecule has 0 atom stereocenters. The van der Waals surface area contributed by atoms with Crippen LogP contribution in [0.5, 0.6) is 0 Å². The Hall–Kier alpha value is -1.51. The summed E-state index contributed by atoms with van der Waals surface area (Å²) in [5, 5.41) is 0. The molecular formula is C11H15NO2. The van der Waals surface area contributed by atoms with Crippen molar-refractivity contribution in [3.05, 3.63) is 29.1 Å². The first-order valence-electron chi connectivity index (χ1n) is 4.60. The van der Waals surface area contributed by atoms with E-state index >= 15 is 0 Å². The van der Waals surface area contributed by atoms with Crippen LogP contribution in [0.15, 0.2) is 6.58 Å². The zero-order valence-electron chi connectivity index (χ0n) is 8.81. The van der Waals surface area contributed by atoms with E-state index < -0.39 is 0 Å². The monoisotopic (exact) mass is 193 g/mol. The number of aromatic amines is 1. The molecule has 14 heavy (non-hydrogen) atoms. The maximum absolute atomic E-state index is 11.5. The van der Waals surface area contributed by atoms with Crippen LogP contribution in [-0.4, -0.2) is 17.6 Å². The Bertz CT molecular complexity index is 364. The Morgan fingerprint density at radius 3 is 2.64 bits per heavy atom. The van der Waals surface area contributed by atoms with E-state index in [2.05, 4.69) is 11.6 Å². The molecule has 0 fully saturated rings. The average molecular weight is 193 g/mol. The third kappa shape index (κ3) is 1.71. The molecule has 0 aliphatic heterocycles. The fourth-order valence-electron chi connectivity index (χ4n) is 1.48. The topological polar surface area (TPSA) is 42.1 Å². The molecule has 0 radical (unpaired) electrons. The summed E-state index contributed by atoms with van der Waals surface area (Å²) in [6, 6.07) is 0. The lowest BCUT2D eigenvalue weighted by Gasteiger charge is -1.99. The molecule has 1 rings (SSSR count). The van der Waals surface area contributed by atoms with E-state index in [1.165, 1.54) is 0 Å². The molecule has 0 aliphatic rings. The second kappa shape index (κ2) is 4.13. The summed E-state index contributed by atoms with van der Waals surface area (Å²) in [5.41, 5.74) is 3.35. The fourth-order valence-corrected chi connectivity index (χ4v) is 1.48. The van der Waals surface area contributed by atoms with Gasteiger partial charge >= 0.3 is 5.97 Å². The molecule has 1 heterocycles. The standard InChI is InChI=1S/C11H15NO2/c1-5-9-7(3)10(12-8(9)4)11(13)14-6-2/h5,12H,1,6H2,2-4H3. The maximum Gasteiger partial charge on any atom is 0.355 e. The Kier molecular flexibility index (Phi) is 3.12. The van der Waals surface area contributed by atoms with Crippen LogP contribution in [0, 0.1) is 13.8 Å². The van der Waals surface area contributed by atoms with Gasteiger partial charge in [0.05, 0.1) is 6.61 Å². The van der Waals surface area contributed by atoms with Crippen molar-refractivity contribution >= 4 is 12.0 Å². The van der Waals surface area contributed by atoms with Gasteiger partial charge in [0, 0.05) is 5.69 Å². The number of carbonyl (C=O) groups excluding carboxylic acids is 1. The number of hydrogen-bond acceptors (Lipinski definition) is 2. The highest BCUT2D eigenvalue weighted by molar-refractivity contribution is 5.90. The van der Waals surface area contributed by atoms with Gasteiger partial charge in [-0.05, 0) is 31.9 Å². The van der Waals surface area contributed by atoms with Crippen molar-refractivity contribution in [2.24, 2.45) is 0 Å². The minimum absolute atomic E-state index is 0.304. The smallest absolute Gasteiger partial charge is 0.355 e. The summed E-state index contributed by atoms with van der Waals surface area (Å²) < 4.78 is 4.92. The predicted molar refractivity (Wildman–Crippen MR) is 56.3 cm³/mol. The van der Waals surface area contributed by atoms with Gasteiger partial charge < -0.3 is 9.72 Å². The number of H-pyrrole nitrogens is 1. The number of aromatic nitrogens is 1. The summed E-state index contributed by atoms with van der Waals surface area (Å²) in [7, 11) is 0. The number of aryl methyl sites for hydroxylation is 1. The first-order valence-corrected chi connectivity index (χ1v) is 4.60. The number of carbonyl (C=O) groups is 1. The second-order valence-electron chi connectivity index (χ2n) is 3.09. The molecule has 0 saturated heterocycles. The molecule has 1 aromatic rings. The lowest BCUT2D eigenvalue weighted by atomic mass is 10.1. The van der Waals surface area contributed by atoms with E-state index in [9.17, 15) is 4.79 Å². The number of nitrogens with one attached hydrogen (secondary N) is 1. The lowest BCUT2D eigenvalue weighted by Crippen LogP contribution is -2.06. The normalized spacial score (nSPS) is 9.93. The van der Waals surface area contributed by atoms with Gasteiger partial charge in [-0.25, -0.2) is 4.79 Å². The second-order valence-corrected chi connectivity index (χ2v) is 3.09. The third-order valence-electron chi connectivity index (χ3n) is 2.18. The van der Waals surface area contributed by atoms with Gasteiger partial charge in [0.1, 0.15) is 5.69 Å². The molecule has 76 valence electrons. The predicted octanol–water partition coefficient (Wildman–Crippen LogP) is 2.45. The molecule has 0 saturated carbocycles. The van der Waals surface area contributed by atoms with Crippen LogP contribution >= 0.6 is 0 Å². The van der Waals surface area contributed by atoms with Gasteiger partial charge in [-0.3, -0.25) is 0 Å². The summed E-state index contributed by atoms with van der Waals surface area (Å²) in [4.78, 5) is 14.5. The molecule has 3 heteroatoms. The number of ether oxygens (including phenoxy) is 1. The van der Waals surface area contributed by atoms with Gasteiger partial charge in [0.25, 0.3) is 0 Å². The first-order chi connectivity index (χ1) is 6.61. The lowest BCUT2D eigenvalue weighted by molar-refractivity contribution is 0.0519. The van der Waals surface area contributed by atoms with E-state index in [4.69, 9.17) is 4.74 Å². The van der Waals surface area contributed by atoms with Crippen LogP contribution < -0.4 is 0 Å². The van der Waals surface area contributed by atoms with Crippen molar-refractivity contribution in [3.8, 4) is 0 Å². The highest BCUT2D eigenvalue weighted by atomic mass is 16.5. The van der Waals surface area contributed by atoms with Crippen LogP contribution in [0.4, 0.5) is 0 Å². The van der Waals surface area contributed by atoms with Crippen LogP contribution in [0.2, 0.25) is 0 Å². The fraction of sp³-hybridized carbons (Fsp3) is 0.364. The van der Waals surface area contributed by atoms with Crippen molar-refractivity contribution in [1.29, 1.82) is 0 Å². The minimum atomic E-state index is -0.304. The summed E-state index contributed by atoms with van der Waals surface area (Å²) in [6.45, 7) is 9.67. The molecule has 1 aromatic heterocycles. The molecule has 0 amide bonds. The molecule has 0 unspecified atom stereocenters. The summed E-state index contributed by atoms with van der Waals surface area (Å²) >= 11 is 0. The van der Waals surface area contributed by atoms with Crippen molar-refractivity contribution in [1.82, 2.24) is 4.98 Å². The molecule has 0 aromatic carbocycles. The van der Waals surface area contributed by atoms with E-state index in [0.29, 0.717) is 12.3 Å². The average Bonchev–Trinajstić information content (AvgIpc) is 2.42. The SMILES string of the molecule is C=Cc1c(C)[nH]c(C(=O)OCC)c1C. The van der Waals surface area contributed by atoms with Crippen molar-refractivity contribution < 1.29 is 9.53 Å². The Morgan fingerprint density at radius 2 is 2.21 bits per heavy atom. The van der Waals surface area contributed by atoms with E-state index in [1.54, 1.807) is 13.0 Å². The Labute approximate surface area is 83.8 Å². The molecular weight excluding hydrogens is 178 g/mol. The third-order valence-corrected chi connectivity index (χ3v) is 2.18. The Morgan fingerprint density at radius 1 is 1.57 bits per heavy atom. The van der Waals surface area contributed by atoms with Crippen molar-refractivity contribution in [2.45, 2.75) is 20.8 Å². The van der Waals surface area contributed by atoms with Crippen LogP contribution in [0.25, 0.3) is 6.08 Å². The van der Waals surface area contributed by atoms with Crippen LogP contribution in [0.1, 0.15) is 34.2 Å². The van der Waals surface area contributed by atoms with Gasteiger partial charge in [-0.15, -0.1) is 0 Å². The van der Waals surface area contributed by atoms with Gasteiger partial charge in [-0.2, -0.15) is 0 Å². The molecule has 0 bridgehead atoms. The minimum Gasteiger partial charge on any atom is -0.461 e. The van der Waals surface area contributed by atoms with Gasteiger partial charge in [0.15, 0.2) is 0 Å².